The van der Waals surface area contributed by atoms with Crippen molar-refractivity contribution in [1.29, 1.82) is 0 Å². The smallest absolute Gasteiger partial charge is 0.222 e. The summed E-state index contributed by atoms with van der Waals surface area (Å²) in [4.78, 5) is 13.9. The van der Waals surface area contributed by atoms with E-state index >= 15 is 0 Å². The number of hydrogen-bond acceptors (Lipinski definition) is 1. The molecule has 3 rings (SSSR count). The van der Waals surface area contributed by atoms with Crippen LogP contribution in [-0.2, 0) is 4.79 Å². The molecule has 0 aromatic heterocycles. The van der Waals surface area contributed by atoms with Crippen molar-refractivity contribution in [2.75, 3.05) is 6.54 Å². The third-order valence-electron chi connectivity index (χ3n) is 4.24. The van der Waals surface area contributed by atoms with Gasteiger partial charge in [-0.15, -0.1) is 0 Å². The Morgan fingerprint density at radius 1 is 1.12 bits per heavy atom. The van der Waals surface area contributed by atoms with E-state index < -0.39 is 0 Å². The van der Waals surface area contributed by atoms with Gasteiger partial charge in [0.25, 0.3) is 0 Å². The number of benzene rings is 1. The SMILES string of the molecule is O=C1CCC[C@@H]2C[C@H](c3ccccc3)CCN12. The zero-order valence-electron chi connectivity index (χ0n) is 10.1. The van der Waals surface area contributed by atoms with E-state index in [4.69, 9.17) is 0 Å². The van der Waals surface area contributed by atoms with Crippen LogP contribution in [0.2, 0.25) is 0 Å². The summed E-state index contributed by atoms with van der Waals surface area (Å²) < 4.78 is 0. The second kappa shape index (κ2) is 4.52. The lowest BCUT2D eigenvalue weighted by molar-refractivity contribution is -0.138. The zero-order chi connectivity index (χ0) is 11.7. The van der Waals surface area contributed by atoms with E-state index in [1.54, 1.807) is 0 Å². The van der Waals surface area contributed by atoms with Crippen LogP contribution in [0.5, 0.6) is 0 Å². The quantitative estimate of drug-likeness (QED) is 0.725. The van der Waals surface area contributed by atoms with Gasteiger partial charge in [0.15, 0.2) is 0 Å². The van der Waals surface area contributed by atoms with Crippen molar-refractivity contribution in [3.8, 4) is 0 Å². The van der Waals surface area contributed by atoms with E-state index in [2.05, 4.69) is 35.2 Å². The Hall–Kier alpha value is -1.31. The molecule has 2 heteroatoms. The molecule has 1 aromatic carbocycles. The summed E-state index contributed by atoms with van der Waals surface area (Å²) in [6.45, 7) is 0.961. The monoisotopic (exact) mass is 229 g/mol. The normalized spacial score (nSPS) is 28.9. The van der Waals surface area contributed by atoms with Crippen LogP contribution >= 0.6 is 0 Å². The summed E-state index contributed by atoms with van der Waals surface area (Å²) in [6.07, 6.45) is 5.35. The molecule has 1 amide bonds. The molecule has 0 saturated carbocycles. The first-order chi connectivity index (χ1) is 8.34. The van der Waals surface area contributed by atoms with Crippen LogP contribution in [0.3, 0.4) is 0 Å². The molecule has 0 aliphatic carbocycles. The molecule has 17 heavy (non-hydrogen) atoms. The predicted octanol–water partition coefficient (Wildman–Crippen LogP) is 2.95. The molecule has 2 aliphatic rings. The molecule has 2 fully saturated rings. The molecule has 1 aromatic rings. The molecule has 2 aliphatic heterocycles. The van der Waals surface area contributed by atoms with Crippen LogP contribution in [0.4, 0.5) is 0 Å². The zero-order valence-corrected chi connectivity index (χ0v) is 10.1. The fraction of sp³-hybridized carbons (Fsp3) is 0.533. The van der Waals surface area contributed by atoms with E-state index in [-0.39, 0.29) is 0 Å². The van der Waals surface area contributed by atoms with Crippen molar-refractivity contribution < 1.29 is 4.79 Å². The number of carbonyl (C=O) groups is 1. The summed E-state index contributed by atoms with van der Waals surface area (Å²) in [7, 11) is 0. The molecule has 0 bridgehead atoms. The average Bonchev–Trinajstić information content (AvgIpc) is 2.40. The maximum atomic E-state index is 11.8. The molecule has 0 radical (unpaired) electrons. The minimum absolute atomic E-state index is 0.382. The van der Waals surface area contributed by atoms with Gasteiger partial charge in [-0.2, -0.15) is 0 Å². The van der Waals surface area contributed by atoms with Gasteiger partial charge in [-0.05, 0) is 37.2 Å². The first-order valence-corrected chi connectivity index (χ1v) is 6.69. The van der Waals surface area contributed by atoms with Crippen LogP contribution in [-0.4, -0.2) is 23.4 Å². The Bertz CT molecular complexity index is 401. The Labute approximate surface area is 103 Å². The van der Waals surface area contributed by atoms with Crippen molar-refractivity contribution in [2.24, 2.45) is 0 Å². The number of piperidine rings is 2. The van der Waals surface area contributed by atoms with E-state index in [1.165, 1.54) is 12.0 Å². The molecule has 0 spiro atoms. The summed E-state index contributed by atoms with van der Waals surface area (Å²) in [5, 5.41) is 0. The van der Waals surface area contributed by atoms with E-state index in [0.717, 1.165) is 32.2 Å². The van der Waals surface area contributed by atoms with Crippen LogP contribution in [0.15, 0.2) is 30.3 Å². The average molecular weight is 229 g/mol. The lowest BCUT2D eigenvalue weighted by atomic mass is 9.82. The predicted molar refractivity (Wildman–Crippen MR) is 67.8 cm³/mol. The largest absolute Gasteiger partial charge is 0.340 e. The summed E-state index contributed by atoms with van der Waals surface area (Å²) in [5.74, 6) is 1.04. The second-order valence-electron chi connectivity index (χ2n) is 5.27. The number of amides is 1. The highest BCUT2D eigenvalue weighted by molar-refractivity contribution is 5.77. The molecule has 2 heterocycles. The van der Waals surface area contributed by atoms with Crippen LogP contribution in [0.25, 0.3) is 0 Å². The summed E-state index contributed by atoms with van der Waals surface area (Å²) in [5.41, 5.74) is 1.45. The van der Waals surface area contributed by atoms with Crippen molar-refractivity contribution in [3.63, 3.8) is 0 Å². The molecule has 2 nitrogen and oxygen atoms in total. The van der Waals surface area contributed by atoms with Gasteiger partial charge in [0.1, 0.15) is 0 Å². The number of fused-ring (bicyclic) bond motifs is 1. The fourth-order valence-corrected chi connectivity index (χ4v) is 3.31. The van der Waals surface area contributed by atoms with Gasteiger partial charge in [-0.25, -0.2) is 0 Å². The Morgan fingerprint density at radius 3 is 2.76 bits per heavy atom. The summed E-state index contributed by atoms with van der Waals surface area (Å²) in [6, 6.07) is 11.3. The Kier molecular flexibility index (Phi) is 2.87. The van der Waals surface area contributed by atoms with Gasteiger partial charge in [0.05, 0.1) is 0 Å². The minimum Gasteiger partial charge on any atom is -0.340 e. The highest BCUT2D eigenvalue weighted by Gasteiger charge is 2.34. The van der Waals surface area contributed by atoms with Gasteiger partial charge in [-0.3, -0.25) is 4.79 Å². The van der Waals surface area contributed by atoms with E-state index in [1.807, 2.05) is 0 Å². The van der Waals surface area contributed by atoms with Gasteiger partial charge in [0, 0.05) is 19.0 Å². The van der Waals surface area contributed by atoms with Gasteiger partial charge >= 0.3 is 0 Å². The molecule has 90 valence electrons. The lowest BCUT2D eigenvalue weighted by Crippen LogP contribution is -2.48. The molecule has 0 N–H and O–H groups in total. The van der Waals surface area contributed by atoms with Crippen molar-refractivity contribution in [1.82, 2.24) is 4.90 Å². The maximum absolute atomic E-state index is 11.8. The van der Waals surface area contributed by atoms with Crippen LogP contribution in [0.1, 0.15) is 43.6 Å². The van der Waals surface area contributed by atoms with Crippen LogP contribution < -0.4 is 0 Å². The maximum Gasteiger partial charge on any atom is 0.222 e. The van der Waals surface area contributed by atoms with E-state index in [0.29, 0.717) is 17.9 Å². The third kappa shape index (κ3) is 2.08. The highest BCUT2D eigenvalue weighted by Crippen LogP contribution is 2.35. The van der Waals surface area contributed by atoms with Gasteiger partial charge < -0.3 is 4.90 Å². The van der Waals surface area contributed by atoms with Crippen LogP contribution in [0, 0.1) is 0 Å². The molecule has 2 saturated heterocycles. The molecular formula is C15H19NO. The molecular weight excluding hydrogens is 210 g/mol. The first kappa shape index (κ1) is 10.8. The van der Waals surface area contributed by atoms with Gasteiger partial charge in [-0.1, -0.05) is 30.3 Å². The first-order valence-electron chi connectivity index (χ1n) is 6.69. The van der Waals surface area contributed by atoms with E-state index in [9.17, 15) is 4.79 Å². The lowest BCUT2D eigenvalue weighted by Gasteiger charge is -2.42. The van der Waals surface area contributed by atoms with Crippen molar-refractivity contribution >= 4 is 5.91 Å². The Morgan fingerprint density at radius 2 is 1.94 bits per heavy atom. The standard InChI is InChI=1S/C15H19NO/c17-15-8-4-7-14-11-13(9-10-16(14)15)12-5-2-1-3-6-12/h1-3,5-6,13-14H,4,7-11H2/t13-,14-/m1/s1. The van der Waals surface area contributed by atoms with Crippen molar-refractivity contribution in [3.05, 3.63) is 35.9 Å². The molecule has 2 atom stereocenters. The number of carbonyl (C=O) groups excluding carboxylic acids is 1. The second-order valence-corrected chi connectivity index (χ2v) is 5.27. The van der Waals surface area contributed by atoms with Crippen molar-refractivity contribution in [2.45, 2.75) is 44.1 Å². The number of hydrogen-bond donors (Lipinski definition) is 0. The Balaban J connectivity index is 1.74. The van der Waals surface area contributed by atoms with Gasteiger partial charge in [0.2, 0.25) is 5.91 Å². The summed E-state index contributed by atoms with van der Waals surface area (Å²) >= 11 is 0. The highest BCUT2D eigenvalue weighted by atomic mass is 16.2. The fourth-order valence-electron chi connectivity index (χ4n) is 3.31. The third-order valence-corrected chi connectivity index (χ3v) is 4.24. The minimum atomic E-state index is 0.382. The topological polar surface area (TPSA) is 20.3 Å². The number of rotatable bonds is 1. The molecule has 0 unspecified atom stereocenters. The number of nitrogens with zero attached hydrogens (tertiary/aromatic N) is 1.